The number of carbonyl (C=O) groups excluding carboxylic acids is 2. The summed E-state index contributed by atoms with van der Waals surface area (Å²) in [7, 11) is 0. The number of nitrogens with zero attached hydrogens (tertiary/aromatic N) is 4. The van der Waals surface area contributed by atoms with Crippen molar-refractivity contribution in [1.29, 1.82) is 0 Å². The van der Waals surface area contributed by atoms with Crippen LogP contribution in [0.5, 0.6) is 0 Å². The second kappa shape index (κ2) is 7.81. The fraction of sp³-hybridized carbons (Fsp3) is 0.455. The molecule has 3 heterocycles. The third kappa shape index (κ3) is 3.57. The van der Waals surface area contributed by atoms with Crippen LogP contribution in [0.25, 0.3) is 0 Å². The first-order valence-corrected chi connectivity index (χ1v) is 10.2. The predicted molar refractivity (Wildman–Crippen MR) is 112 cm³/mol. The smallest absolute Gasteiger partial charge is 0.253 e. The average molecular weight is 393 g/mol. The standard InChI is InChI=1S/C22H27N5O2/c1-14-15(2)27(16(3)28)19-8-7-17(21(29)26-11-4-5-12-26)13-18(19)20(14)25-22-23-9-6-10-24-22/h6-10,13-15,20H,4-5,11-12H2,1-3H3,(H,23,24,25). The molecule has 7 nitrogen and oxygen atoms in total. The molecule has 1 aromatic carbocycles. The summed E-state index contributed by atoms with van der Waals surface area (Å²) in [5.74, 6) is 0.696. The molecule has 1 saturated heterocycles. The van der Waals surface area contributed by atoms with Crippen LogP contribution < -0.4 is 10.2 Å². The minimum absolute atomic E-state index is 0.00125. The van der Waals surface area contributed by atoms with Crippen molar-refractivity contribution in [3.8, 4) is 0 Å². The molecule has 0 saturated carbocycles. The van der Waals surface area contributed by atoms with E-state index in [0.29, 0.717) is 11.5 Å². The zero-order valence-corrected chi connectivity index (χ0v) is 17.1. The van der Waals surface area contributed by atoms with Gasteiger partial charge in [0, 0.05) is 55.6 Å². The van der Waals surface area contributed by atoms with Crippen molar-refractivity contribution in [2.45, 2.75) is 45.7 Å². The second-order valence-electron chi connectivity index (χ2n) is 7.96. The van der Waals surface area contributed by atoms with Crippen LogP contribution in [0.1, 0.15) is 55.6 Å². The van der Waals surface area contributed by atoms with E-state index >= 15 is 0 Å². The summed E-state index contributed by atoms with van der Waals surface area (Å²) in [6.45, 7) is 7.37. The molecule has 4 rings (SSSR count). The lowest BCUT2D eigenvalue weighted by Crippen LogP contribution is -2.48. The summed E-state index contributed by atoms with van der Waals surface area (Å²) < 4.78 is 0. The van der Waals surface area contributed by atoms with Gasteiger partial charge in [-0.15, -0.1) is 0 Å². The molecule has 0 radical (unpaired) electrons. The number of anilines is 2. The molecule has 2 amide bonds. The molecule has 7 heteroatoms. The first-order chi connectivity index (χ1) is 14.0. The number of hydrogen-bond acceptors (Lipinski definition) is 5. The molecule has 1 N–H and O–H groups in total. The number of rotatable bonds is 3. The number of nitrogens with one attached hydrogen (secondary N) is 1. The van der Waals surface area contributed by atoms with Gasteiger partial charge in [-0.2, -0.15) is 0 Å². The fourth-order valence-corrected chi connectivity index (χ4v) is 4.45. The van der Waals surface area contributed by atoms with Crippen LogP contribution in [-0.2, 0) is 4.79 Å². The van der Waals surface area contributed by atoms with Gasteiger partial charge in [0.05, 0.1) is 6.04 Å². The van der Waals surface area contributed by atoms with Gasteiger partial charge in [0.1, 0.15) is 0 Å². The Morgan fingerprint density at radius 2 is 1.79 bits per heavy atom. The Balaban J connectivity index is 1.76. The van der Waals surface area contributed by atoms with Gasteiger partial charge >= 0.3 is 0 Å². The van der Waals surface area contributed by atoms with E-state index in [4.69, 9.17) is 0 Å². The number of fused-ring (bicyclic) bond motifs is 1. The van der Waals surface area contributed by atoms with Crippen molar-refractivity contribution in [2.75, 3.05) is 23.3 Å². The monoisotopic (exact) mass is 393 g/mol. The lowest BCUT2D eigenvalue weighted by Gasteiger charge is -2.44. The van der Waals surface area contributed by atoms with E-state index in [2.05, 4.69) is 29.1 Å². The van der Waals surface area contributed by atoms with Crippen molar-refractivity contribution in [3.05, 3.63) is 47.8 Å². The first kappa shape index (κ1) is 19.4. The summed E-state index contributed by atoms with van der Waals surface area (Å²) in [5, 5.41) is 3.43. The van der Waals surface area contributed by atoms with Crippen molar-refractivity contribution >= 4 is 23.5 Å². The van der Waals surface area contributed by atoms with Gasteiger partial charge < -0.3 is 15.1 Å². The Labute approximate surface area is 171 Å². The lowest BCUT2D eigenvalue weighted by molar-refractivity contribution is -0.117. The molecule has 0 bridgehead atoms. The largest absolute Gasteiger partial charge is 0.347 e. The normalized spacial score (nSPS) is 23.6. The number of likely N-dealkylation sites (tertiary alicyclic amines) is 1. The zero-order valence-electron chi connectivity index (χ0n) is 17.1. The Hall–Kier alpha value is -2.96. The molecule has 2 aliphatic heterocycles. The third-order valence-corrected chi connectivity index (χ3v) is 6.15. The van der Waals surface area contributed by atoms with Crippen molar-refractivity contribution < 1.29 is 9.59 Å². The Morgan fingerprint density at radius 1 is 1.10 bits per heavy atom. The molecule has 0 aliphatic carbocycles. The van der Waals surface area contributed by atoms with E-state index < -0.39 is 0 Å². The fourth-order valence-electron chi connectivity index (χ4n) is 4.45. The Bertz CT molecular complexity index is 911. The maximum Gasteiger partial charge on any atom is 0.253 e. The van der Waals surface area contributed by atoms with Crippen LogP contribution in [0.15, 0.2) is 36.7 Å². The topological polar surface area (TPSA) is 78.4 Å². The van der Waals surface area contributed by atoms with Crippen LogP contribution in [0, 0.1) is 5.92 Å². The number of hydrogen-bond donors (Lipinski definition) is 1. The van der Waals surface area contributed by atoms with E-state index in [1.54, 1.807) is 25.4 Å². The van der Waals surface area contributed by atoms with Crippen LogP contribution in [-0.4, -0.2) is 45.8 Å². The van der Waals surface area contributed by atoms with Crippen LogP contribution in [0.4, 0.5) is 11.6 Å². The van der Waals surface area contributed by atoms with Gasteiger partial charge in [-0.25, -0.2) is 9.97 Å². The average Bonchev–Trinajstić information content (AvgIpc) is 3.26. The van der Waals surface area contributed by atoms with Crippen molar-refractivity contribution in [2.24, 2.45) is 5.92 Å². The maximum absolute atomic E-state index is 13.0. The van der Waals surface area contributed by atoms with Gasteiger partial charge in [0.2, 0.25) is 11.9 Å². The van der Waals surface area contributed by atoms with Gasteiger partial charge in [-0.3, -0.25) is 9.59 Å². The van der Waals surface area contributed by atoms with E-state index in [-0.39, 0.29) is 29.8 Å². The van der Waals surface area contributed by atoms with Crippen LogP contribution >= 0.6 is 0 Å². The molecule has 152 valence electrons. The summed E-state index contributed by atoms with van der Waals surface area (Å²) in [6.07, 6.45) is 5.50. The quantitative estimate of drug-likeness (QED) is 0.866. The van der Waals surface area contributed by atoms with E-state index in [1.165, 1.54) is 0 Å². The molecule has 0 spiro atoms. The predicted octanol–water partition coefficient (Wildman–Crippen LogP) is 3.26. The summed E-state index contributed by atoms with van der Waals surface area (Å²) in [4.78, 5) is 37.7. The molecule has 3 unspecified atom stereocenters. The minimum atomic E-state index is -0.107. The number of amides is 2. The second-order valence-corrected chi connectivity index (χ2v) is 7.96. The van der Waals surface area contributed by atoms with Gasteiger partial charge in [-0.1, -0.05) is 6.92 Å². The Morgan fingerprint density at radius 3 is 2.45 bits per heavy atom. The van der Waals surface area contributed by atoms with E-state index in [1.807, 2.05) is 28.0 Å². The van der Waals surface area contributed by atoms with Crippen LogP contribution in [0.2, 0.25) is 0 Å². The minimum Gasteiger partial charge on any atom is -0.347 e. The van der Waals surface area contributed by atoms with Gasteiger partial charge in [0.25, 0.3) is 5.91 Å². The summed E-state index contributed by atoms with van der Waals surface area (Å²) in [6, 6.07) is 7.35. The molecule has 3 atom stereocenters. The number of carbonyl (C=O) groups is 2. The van der Waals surface area contributed by atoms with Crippen molar-refractivity contribution in [1.82, 2.24) is 14.9 Å². The molecule has 2 aliphatic rings. The number of benzene rings is 1. The lowest BCUT2D eigenvalue weighted by atomic mass is 9.82. The SMILES string of the molecule is CC(=O)N1c2ccc(C(=O)N3CCCC3)cc2C(Nc2ncccn2)C(C)C1C. The number of aromatic nitrogens is 2. The highest BCUT2D eigenvalue weighted by Gasteiger charge is 2.39. The van der Waals surface area contributed by atoms with Gasteiger partial charge in [0.15, 0.2) is 0 Å². The zero-order chi connectivity index (χ0) is 20.5. The third-order valence-electron chi connectivity index (χ3n) is 6.15. The highest BCUT2D eigenvalue weighted by molar-refractivity contribution is 5.98. The van der Waals surface area contributed by atoms with E-state index in [9.17, 15) is 9.59 Å². The van der Waals surface area contributed by atoms with Crippen LogP contribution in [0.3, 0.4) is 0 Å². The summed E-state index contributed by atoms with van der Waals surface area (Å²) in [5.41, 5.74) is 2.44. The molecule has 1 aromatic heterocycles. The Kier molecular flexibility index (Phi) is 5.22. The highest BCUT2D eigenvalue weighted by Crippen LogP contribution is 2.42. The van der Waals surface area contributed by atoms with E-state index in [0.717, 1.165) is 37.2 Å². The highest BCUT2D eigenvalue weighted by atomic mass is 16.2. The molecule has 2 aromatic rings. The first-order valence-electron chi connectivity index (χ1n) is 10.2. The molecular weight excluding hydrogens is 366 g/mol. The van der Waals surface area contributed by atoms with Crippen molar-refractivity contribution in [3.63, 3.8) is 0 Å². The summed E-state index contributed by atoms with van der Waals surface area (Å²) >= 11 is 0. The molecular formula is C22H27N5O2. The van der Waals surface area contributed by atoms with Gasteiger partial charge in [-0.05, 0) is 49.6 Å². The maximum atomic E-state index is 13.0. The molecule has 29 heavy (non-hydrogen) atoms. The molecule has 1 fully saturated rings.